The monoisotopic (exact) mass is 293 g/mol. The Bertz CT molecular complexity index is 617. The van der Waals surface area contributed by atoms with Gasteiger partial charge in [-0.15, -0.1) is 0 Å². The zero-order chi connectivity index (χ0) is 14.2. The lowest BCUT2D eigenvalue weighted by molar-refractivity contribution is 0.323. The molecule has 0 spiro atoms. The van der Waals surface area contributed by atoms with Gasteiger partial charge in [0.15, 0.2) is 5.82 Å². The molecule has 1 fully saturated rings. The summed E-state index contributed by atoms with van der Waals surface area (Å²) in [6, 6.07) is 5.05. The molecule has 1 N–H and O–H groups in total. The SMILES string of the molecule is CC1(c2cncn2-c2cccc(Cl)c2F)CCNCC1. The van der Waals surface area contributed by atoms with Crippen molar-refractivity contribution in [2.45, 2.75) is 25.2 Å². The molecule has 1 aliphatic heterocycles. The zero-order valence-electron chi connectivity index (χ0n) is 11.4. The van der Waals surface area contributed by atoms with Gasteiger partial charge in [-0.05, 0) is 38.1 Å². The molecule has 1 aromatic heterocycles. The fraction of sp³-hybridized carbons (Fsp3) is 0.400. The maximum Gasteiger partial charge on any atom is 0.165 e. The van der Waals surface area contributed by atoms with Gasteiger partial charge in [0.25, 0.3) is 0 Å². The van der Waals surface area contributed by atoms with Crippen molar-refractivity contribution >= 4 is 11.6 Å². The van der Waals surface area contributed by atoms with Crippen molar-refractivity contribution in [3.8, 4) is 5.69 Å². The smallest absolute Gasteiger partial charge is 0.165 e. The van der Waals surface area contributed by atoms with Gasteiger partial charge in [-0.1, -0.05) is 24.6 Å². The lowest BCUT2D eigenvalue weighted by Gasteiger charge is -2.34. The van der Waals surface area contributed by atoms with Crippen LogP contribution in [0.4, 0.5) is 4.39 Å². The summed E-state index contributed by atoms with van der Waals surface area (Å²) in [4.78, 5) is 4.22. The number of imidazole rings is 1. The van der Waals surface area contributed by atoms with Gasteiger partial charge in [0, 0.05) is 17.3 Å². The van der Waals surface area contributed by atoms with Gasteiger partial charge in [-0.25, -0.2) is 9.37 Å². The van der Waals surface area contributed by atoms with Crippen LogP contribution < -0.4 is 5.32 Å². The van der Waals surface area contributed by atoms with E-state index in [2.05, 4.69) is 17.2 Å². The first-order valence-electron chi connectivity index (χ1n) is 6.80. The maximum absolute atomic E-state index is 14.2. The second-order valence-corrected chi connectivity index (χ2v) is 5.94. The van der Waals surface area contributed by atoms with Crippen LogP contribution in [0.5, 0.6) is 0 Å². The Hall–Kier alpha value is -1.39. The van der Waals surface area contributed by atoms with E-state index in [0.29, 0.717) is 5.69 Å². The molecule has 5 heteroatoms. The summed E-state index contributed by atoms with van der Waals surface area (Å²) in [6.07, 6.45) is 5.53. The Morgan fingerprint density at radius 2 is 2.10 bits per heavy atom. The van der Waals surface area contributed by atoms with Crippen molar-refractivity contribution in [3.63, 3.8) is 0 Å². The molecular formula is C15H17ClFN3. The molecule has 1 aromatic carbocycles. The molecule has 0 saturated carbocycles. The minimum atomic E-state index is -0.397. The van der Waals surface area contributed by atoms with Gasteiger partial charge in [-0.3, -0.25) is 4.57 Å². The number of halogens is 2. The van der Waals surface area contributed by atoms with E-state index in [1.165, 1.54) is 0 Å². The second kappa shape index (κ2) is 5.19. The minimum absolute atomic E-state index is 0.0104. The molecule has 106 valence electrons. The van der Waals surface area contributed by atoms with Gasteiger partial charge >= 0.3 is 0 Å². The van der Waals surface area contributed by atoms with Crippen molar-refractivity contribution in [1.29, 1.82) is 0 Å². The van der Waals surface area contributed by atoms with Gasteiger partial charge in [0.2, 0.25) is 0 Å². The van der Waals surface area contributed by atoms with Crippen molar-refractivity contribution in [2.75, 3.05) is 13.1 Å². The molecule has 0 atom stereocenters. The van der Waals surface area contributed by atoms with Crippen LogP contribution in [0, 0.1) is 5.82 Å². The fourth-order valence-corrected chi connectivity index (χ4v) is 3.02. The molecular weight excluding hydrogens is 277 g/mol. The molecule has 3 nitrogen and oxygen atoms in total. The van der Waals surface area contributed by atoms with Crippen LogP contribution in [0.3, 0.4) is 0 Å². The molecule has 3 rings (SSSR count). The number of hydrogen-bond donors (Lipinski definition) is 1. The van der Waals surface area contributed by atoms with E-state index >= 15 is 0 Å². The Morgan fingerprint density at radius 1 is 1.35 bits per heavy atom. The molecule has 20 heavy (non-hydrogen) atoms. The highest BCUT2D eigenvalue weighted by Gasteiger charge is 2.32. The van der Waals surface area contributed by atoms with Crippen molar-refractivity contribution in [3.05, 3.63) is 47.3 Å². The van der Waals surface area contributed by atoms with Crippen LogP contribution in [0.1, 0.15) is 25.5 Å². The van der Waals surface area contributed by atoms with Crippen LogP contribution in [0.25, 0.3) is 5.69 Å². The molecule has 2 heterocycles. The van der Waals surface area contributed by atoms with Crippen molar-refractivity contribution in [1.82, 2.24) is 14.9 Å². The molecule has 0 radical (unpaired) electrons. The van der Waals surface area contributed by atoms with Gasteiger partial charge in [0.1, 0.15) is 0 Å². The summed E-state index contributed by atoms with van der Waals surface area (Å²) < 4.78 is 16.1. The molecule has 2 aromatic rings. The molecule has 0 aliphatic carbocycles. The molecule has 0 bridgehead atoms. The third-order valence-electron chi connectivity index (χ3n) is 4.15. The molecule has 0 amide bonds. The highest BCUT2D eigenvalue weighted by Crippen LogP contribution is 2.34. The lowest BCUT2D eigenvalue weighted by atomic mass is 9.78. The van der Waals surface area contributed by atoms with E-state index in [1.54, 1.807) is 24.5 Å². The molecule has 1 aliphatic rings. The average molecular weight is 294 g/mol. The molecule has 1 saturated heterocycles. The van der Waals surface area contributed by atoms with E-state index in [4.69, 9.17) is 11.6 Å². The highest BCUT2D eigenvalue weighted by atomic mass is 35.5. The Morgan fingerprint density at radius 3 is 2.85 bits per heavy atom. The van der Waals surface area contributed by atoms with Gasteiger partial charge in [-0.2, -0.15) is 0 Å². The van der Waals surface area contributed by atoms with Gasteiger partial charge < -0.3 is 5.32 Å². The standard InChI is InChI=1S/C15H17ClFN3/c1-15(5-7-18-8-6-15)13-9-19-10-20(13)12-4-2-3-11(16)14(12)17/h2-4,9-10,18H,5-8H2,1H3. The van der Waals surface area contributed by atoms with Crippen LogP contribution in [0.15, 0.2) is 30.7 Å². The Labute approximate surface area is 122 Å². The van der Waals surface area contributed by atoms with E-state index in [-0.39, 0.29) is 10.4 Å². The summed E-state index contributed by atoms with van der Waals surface area (Å²) in [6.45, 7) is 4.16. The van der Waals surface area contributed by atoms with Crippen LogP contribution >= 0.6 is 11.6 Å². The fourth-order valence-electron chi connectivity index (χ4n) is 2.85. The topological polar surface area (TPSA) is 29.9 Å². The summed E-state index contributed by atoms with van der Waals surface area (Å²) in [5.41, 5.74) is 1.51. The summed E-state index contributed by atoms with van der Waals surface area (Å²) in [5, 5.41) is 3.49. The largest absolute Gasteiger partial charge is 0.317 e. The number of hydrogen-bond acceptors (Lipinski definition) is 2. The number of nitrogens with zero attached hydrogens (tertiary/aromatic N) is 2. The quantitative estimate of drug-likeness (QED) is 0.921. The first kappa shape index (κ1) is 13.6. The second-order valence-electron chi connectivity index (χ2n) is 5.53. The first-order chi connectivity index (χ1) is 9.62. The average Bonchev–Trinajstić information content (AvgIpc) is 2.93. The van der Waals surface area contributed by atoms with E-state index < -0.39 is 5.82 Å². The number of aromatic nitrogens is 2. The predicted octanol–water partition coefficient (Wildman–Crippen LogP) is 3.31. The number of nitrogens with one attached hydrogen (secondary N) is 1. The zero-order valence-corrected chi connectivity index (χ0v) is 12.1. The number of benzene rings is 1. The Kier molecular flexibility index (Phi) is 3.52. The number of piperidine rings is 1. The van der Waals surface area contributed by atoms with E-state index in [0.717, 1.165) is 31.6 Å². The van der Waals surface area contributed by atoms with E-state index in [1.807, 2.05) is 10.8 Å². The van der Waals surface area contributed by atoms with Crippen LogP contribution in [-0.4, -0.2) is 22.6 Å². The van der Waals surface area contributed by atoms with Gasteiger partial charge in [0.05, 0.1) is 17.0 Å². The Balaban J connectivity index is 2.08. The summed E-state index contributed by atoms with van der Waals surface area (Å²) in [5.74, 6) is -0.397. The van der Waals surface area contributed by atoms with Crippen LogP contribution in [0.2, 0.25) is 5.02 Å². The highest BCUT2D eigenvalue weighted by molar-refractivity contribution is 6.30. The first-order valence-corrected chi connectivity index (χ1v) is 7.17. The molecule has 0 unspecified atom stereocenters. The maximum atomic E-state index is 14.2. The summed E-state index contributed by atoms with van der Waals surface area (Å²) in [7, 11) is 0. The summed E-state index contributed by atoms with van der Waals surface area (Å²) >= 11 is 5.88. The van der Waals surface area contributed by atoms with Crippen LogP contribution in [-0.2, 0) is 5.41 Å². The van der Waals surface area contributed by atoms with E-state index in [9.17, 15) is 4.39 Å². The lowest BCUT2D eigenvalue weighted by Crippen LogP contribution is -2.38. The third-order valence-corrected chi connectivity index (χ3v) is 4.45. The minimum Gasteiger partial charge on any atom is -0.317 e. The third kappa shape index (κ3) is 2.23. The number of rotatable bonds is 2. The predicted molar refractivity (Wildman–Crippen MR) is 78.0 cm³/mol. The normalized spacial score (nSPS) is 18.1. The van der Waals surface area contributed by atoms with Crippen molar-refractivity contribution in [2.24, 2.45) is 0 Å². The van der Waals surface area contributed by atoms with Crippen molar-refractivity contribution < 1.29 is 4.39 Å².